The number of carbonyl (C=O) groups is 1. The van der Waals surface area contributed by atoms with Gasteiger partial charge in [0.1, 0.15) is 11.9 Å². The van der Waals surface area contributed by atoms with Crippen LogP contribution in [0.3, 0.4) is 0 Å². The molecule has 1 saturated heterocycles. The van der Waals surface area contributed by atoms with Gasteiger partial charge < -0.3 is 9.64 Å². The summed E-state index contributed by atoms with van der Waals surface area (Å²) < 4.78 is 21.6. The average molecular weight is 345 g/mol. The van der Waals surface area contributed by atoms with Gasteiger partial charge in [-0.3, -0.25) is 9.48 Å². The monoisotopic (exact) mass is 345 g/mol. The van der Waals surface area contributed by atoms with Crippen LogP contribution in [0.2, 0.25) is 0 Å². The van der Waals surface area contributed by atoms with Gasteiger partial charge in [0.2, 0.25) is 0 Å². The normalized spacial score (nSPS) is 18.4. The van der Waals surface area contributed by atoms with E-state index in [0.29, 0.717) is 31.0 Å². The van der Waals surface area contributed by atoms with E-state index in [9.17, 15) is 9.18 Å². The molecular weight excluding hydrogens is 321 g/mol. The van der Waals surface area contributed by atoms with Crippen molar-refractivity contribution in [2.45, 2.75) is 39.3 Å². The number of halogens is 1. The maximum Gasteiger partial charge on any atom is 0.274 e. The number of ether oxygens (including phenoxy) is 1. The molecule has 3 rings (SSSR count). The molecule has 1 aromatic heterocycles. The summed E-state index contributed by atoms with van der Waals surface area (Å²) >= 11 is 0. The molecule has 0 saturated carbocycles. The van der Waals surface area contributed by atoms with Gasteiger partial charge >= 0.3 is 0 Å². The van der Waals surface area contributed by atoms with Crippen LogP contribution in [0, 0.1) is 12.7 Å². The van der Waals surface area contributed by atoms with Crippen molar-refractivity contribution in [2.75, 3.05) is 19.7 Å². The van der Waals surface area contributed by atoms with Crippen molar-refractivity contribution in [1.29, 1.82) is 0 Å². The quantitative estimate of drug-likeness (QED) is 0.839. The largest absolute Gasteiger partial charge is 0.370 e. The smallest absolute Gasteiger partial charge is 0.274 e. The lowest BCUT2D eigenvalue weighted by molar-refractivity contribution is -0.0245. The highest BCUT2D eigenvalue weighted by Crippen LogP contribution is 2.26. The molecule has 0 N–H and O–H groups in total. The third kappa shape index (κ3) is 3.58. The molecular formula is C19H24FN3O2. The van der Waals surface area contributed by atoms with E-state index >= 15 is 0 Å². The van der Waals surface area contributed by atoms with Gasteiger partial charge in [0.25, 0.3) is 5.91 Å². The Morgan fingerprint density at radius 3 is 2.68 bits per heavy atom. The molecule has 1 amide bonds. The van der Waals surface area contributed by atoms with E-state index in [2.05, 4.69) is 5.10 Å². The van der Waals surface area contributed by atoms with Crippen LogP contribution in [0.15, 0.2) is 30.3 Å². The summed E-state index contributed by atoms with van der Waals surface area (Å²) in [6, 6.07) is 8.34. The first-order valence-corrected chi connectivity index (χ1v) is 8.50. The van der Waals surface area contributed by atoms with Crippen molar-refractivity contribution < 1.29 is 13.9 Å². The molecule has 0 bridgehead atoms. The fourth-order valence-electron chi connectivity index (χ4n) is 3.18. The van der Waals surface area contributed by atoms with Crippen molar-refractivity contribution >= 4 is 5.91 Å². The Labute approximate surface area is 147 Å². The molecule has 134 valence electrons. The van der Waals surface area contributed by atoms with E-state index in [1.165, 1.54) is 6.07 Å². The predicted molar refractivity (Wildman–Crippen MR) is 93.0 cm³/mol. The van der Waals surface area contributed by atoms with E-state index in [1.54, 1.807) is 29.2 Å². The second-order valence-electron chi connectivity index (χ2n) is 7.39. The summed E-state index contributed by atoms with van der Waals surface area (Å²) in [5.74, 6) is -0.453. The fourth-order valence-corrected chi connectivity index (χ4v) is 3.18. The maximum atomic E-state index is 14.0. The summed E-state index contributed by atoms with van der Waals surface area (Å²) in [5.41, 5.74) is 1.65. The highest BCUT2D eigenvalue weighted by atomic mass is 19.1. The molecule has 0 radical (unpaired) electrons. The lowest BCUT2D eigenvalue weighted by Gasteiger charge is -2.33. The number of carbonyl (C=O) groups excluding carboxylic acids is 1. The summed E-state index contributed by atoms with van der Waals surface area (Å²) in [6.45, 7) is 9.26. The van der Waals surface area contributed by atoms with Gasteiger partial charge in [-0.2, -0.15) is 5.10 Å². The minimum absolute atomic E-state index is 0.143. The molecule has 1 aromatic carbocycles. The molecule has 0 spiro atoms. The zero-order chi connectivity index (χ0) is 18.2. The van der Waals surface area contributed by atoms with Crippen molar-refractivity contribution in [1.82, 2.24) is 14.7 Å². The Balaban J connectivity index is 1.80. The molecule has 2 heterocycles. The van der Waals surface area contributed by atoms with Gasteiger partial charge in [-0.05, 0) is 39.8 Å². The number of morpholine rings is 1. The summed E-state index contributed by atoms with van der Waals surface area (Å²) in [7, 11) is 0. The number of aromatic nitrogens is 2. The van der Waals surface area contributed by atoms with Gasteiger partial charge in [-0.25, -0.2) is 4.39 Å². The molecule has 5 nitrogen and oxygen atoms in total. The van der Waals surface area contributed by atoms with E-state index in [-0.39, 0.29) is 17.3 Å². The zero-order valence-corrected chi connectivity index (χ0v) is 15.1. The average Bonchev–Trinajstić information content (AvgIpc) is 2.97. The van der Waals surface area contributed by atoms with Crippen LogP contribution >= 0.6 is 0 Å². The Kier molecular flexibility index (Phi) is 4.64. The highest BCUT2D eigenvalue weighted by molar-refractivity contribution is 5.92. The number of benzene rings is 1. The minimum Gasteiger partial charge on any atom is -0.370 e. The van der Waals surface area contributed by atoms with Crippen LogP contribution in [0.5, 0.6) is 0 Å². The first kappa shape index (κ1) is 17.6. The fraction of sp³-hybridized carbons (Fsp3) is 0.474. The summed E-state index contributed by atoms with van der Waals surface area (Å²) in [4.78, 5) is 14.5. The second-order valence-corrected chi connectivity index (χ2v) is 7.39. The summed E-state index contributed by atoms with van der Waals surface area (Å²) in [6.07, 6.45) is -0.454. The van der Waals surface area contributed by atoms with Gasteiger partial charge in [0, 0.05) is 17.8 Å². The van der Waals surface area contributed by atoms with E-state index < -0.39 is 6.10 Å². The number of nitrogens with zero attached hydrogens (tertiary/aromatic N) is 3. The molecule has 6 heteroatoms. The Morgan fingerprint density at radius 2 is 2.04 bits per heavy atom. The van der Waals surface area contributed by atoms with Crippen molar-refractivity contribution in [2.24, 2.45) is 0 Å². The predicted octanol–water partition coefficient (Wildman–Crippen LogP) is 3.30. The first-order valence-electron chi connectivity index (χ1n) is 8.50. The van der Waals surface area contributed by atoms with Gasteiger partial charge in [-0.1, -0.05) is 18.2 Å². The van der Waals surface area contributed by atoms with Gasteiger partial charge in [0.05, 0.1) is 18.7 Å². The van der Waals surface area contributed by atoms with Crippen molar-refractivity contribution in [3.05, 3.63) is 53.1 Å². The lowest BCUT2D eigenvalue weighted by Crippen LogP contribution is -2.42. The first-order chi connectivity index (χ1) is 11.8. The van der Waals surface area contributed by atoms with Crippen LogP contribution in [0.25, 0.3) is 0 Å². The topological polar surface area (TPSA) is 47.4 Å². The van der Waals surface area contributed by atoms with E-state index in [4.69, 9.17) is 4.74 Å². The van der Waals surface area contributed by atoms with Crippen LogP contribution in [-0.4, -0.2) is 40.3 Å². The highest BCUT2D eigenvalue weighted by Gasteiger charge is 2.29. The Bertz CT molecular complexity index is 779. The second kappa shape index (κ2) is 6.59. The minimum atomic E-state index is -0.454. The molecule has 25 heavy (non-hydrogen) atoms. The standard InChI is InChI=1S/C19H24FN3O2/c1-13-11-16(21-23(13)19(2,3)4)18(24)22-9-10-25-17(12-22)14-7-5-6-8-15(14)20/h5-8,11,17H,9-10,12H2,1-4H3/t17-/m1/s1. The molecule has 1 atom stereocenters. The number of amides is 1. The number of rotatable bonds is 2. The number of hydrogen-bond acceptors (Lipinski definition) is 3. The molecule has 2 aromatic rings. The van der Waals surface area contributed by atoms with Gasteiger partial charge in [-0.15, -0.1) is 0 Å². The molecule has 1 aliphatic heterocycles. The van der Waals surface area contributed by atoms with Crippen molar-refractivity contribution in [3.8, 4) is 0 Å². The molecule has 1 fully saturated rings. The van der Waals surface area contributed by atoms with Crippen LogP contribution in [0.4, 0.5) is 4.39 Å². The van der Waals surface area contributed by atoms with Crippen molar-refractivity contribution in [3.63, 3.8) is 0 Å². The molecule has 0 aliphatic carbocycles. The van der Waals surface area contributed by atoms with Gasteiger partial charge in [0.15, 0.2) is 5.69 Å². The zero-order valence-electron chi connectivity index (χ0n) is 15.1. The summed E-state index contributed by atoms with van der Waals surface area (Å²) in [5, 5.41) is 4.48. The van der Waals surface area contributed by atoms with E-state index in [1.807, 2.05) is 32.4 Å². The van der Waals surface area contributed by atoms with E-state index in [0.717, 1.165) is 5.69 Å². The van der Waals surface area contributed by atoms with Crippen LogP contribution < -0.4 is 0 Å². The number of hydrogen-bond donors (Lipinski definition) is 0. The molecule has 1 aliphatic rings. The number of aryl methyl sites for hydroxylation is 1. The molecule has 0 unspecified atom stereocenters. The Morgan fingerprint density at radius 1 is 1.32 bits per heavy atom. The third-order valence-electron chi connectivity index (χ3n) is 4.35. The lowest BCUT2D eigenvalue weighted by atomic mass is 10.1. The SMILES string of the molecule is Cc1cc(C(=O)N2CCO[C@@H](c3ccccc3F)C2)nn1C(C)(C)C. The third-order valence-corrected chi connectivity index (χ3v) is 4.35. The van der Waals surface area contributed by atoms with Crippen LogP contribution in [0.1, 0.15) is 48.6 Å². The Hall–Kier alpha value is -2.21. The van der Waals surface area contributed by atoms with Crippen LogP contribution in [-0.2, 0) is 10.3 Å². The maximum absolute atomic E-state index is 14.0.